The van der Waals surface area contributed by atoms with Gasteiger partial charge in [-0.25, -0.2) is 0 Å². The Morgan fingerprint density at radius 2 is 2.22 bits per heavy atom. The smallest absolute Gasteiger partial charge is 0.303 e. The van der Waals surface area contributed by atoms with Crippen molar-refractivity contribution in [3.8, 4) is 11.5 Å². The fourth-order valence-electron chi connectivity index (χ4n) is 1.34. The van der Waals surface area contributed by atoms with E-state index in [9.17, 15) is 4.79 Å². The standard InChI is InChI=1S/C10H8Cl2N2O3S/c11-6-4-5(9(12)18-6)10-14-13-7(17-10)2-1-3-8(15)16/h4H,1-3H2,(H,15,16). The van der Waals surface area contributed by atoms with Crippen molar-refractivity contribution < 1.29 is 14.3 Å². The van der Waals surface area contributed by atoms with Crippen LogP contribution in [-0.2, 0) is 11.2 Å². The van der Waals surface area contributed by atoms with Crippen LogP contribution >= 0.6 is 34.5 Å². The lowest BCUT2D eigenvalue weighted by Crippen LogP contribution is -1.95. The summed E-state index contributed by atoms with van der Waals surface area (Å²) in [6, 6.07) is 1.66. The molecule has 0 saturated heterocycles. The van der Waals surface area contributed by atoms with Crippen molar-refractivity contribution >= 4 is 40.5 Å². The first kappa shape index (κ1) is 13.3. The lowest BCUT2D eigenvalue weighted by Gasteiger charge is -1.92. The first-order valence-electron chi connectivity index (χ1n) is 5.05. The van der Waals surface area contributed by atoms with Crippen LogP contribution in [0.1, 0.15) is 18.7 Å². The molecule has 5 nitrogen and oxygen atoms in total. The predicted molar refractivity (Wildman–Crippen MR) is 68.2 cm³/mol. The molecule has 0 aliphatic carbocycles. The third-order valence-electron chi connectivity index (χ3n) is 2.14. The van der Waals surface area contributed by atoms with Crippen LogP contribution in [0.3, 0.4) is 0 Å². The van der Waals surface area contributed by atoms with E-state index in [0.717, 1.165) is 0 Å². The van der Waals surface area contributed by atoms with Gasteiger partial charge in [0, 0.05) is 12.8 Å². The second-order valence-electron chi connectivity index (χ2n) is 3.49. The van der Waals surface area contributed by atoms with E-state index in [0.29, 0.717) is 38.9 Å². The van der Waals surface area contributed by atoms with E-state index in [2.05, 4.69) is 10.2 Å². The van der Waals surface area contributed by atoms with Gasteiger partial charge in [-0.2, -0.15) is 0 Å². The van der Waals surface area contributed by atoms with Gasteiger partial charge in [-0.1, -0.05) is 23.2 Å². The summed E-state index contributed by atoms with van der Waals surface area (Å²) in [6.07, 6.45) is 0.951. The quantitative estimate of drug-likeness (QED) is 0.914. The summed E-state index contributed by atoms with van der Waals surface area (Å²) in [7, 11) is 0. The van der Waals surface area contributed by atoms with E-state index in [4.69, 9.17) is 32.7 Å². The Kier molecular flexibility index (Phi) is 4.21. The number of hydrogen-bond acceptors (Lipinski definition) is 5. The molecular weight excluding hydrogens is 299 g/mol. The minimum Gasteiger partial charge on any atom is -0.481 e. The molecule has 0 unspecified atom stereocenters. The van der Waals surface area contributed by atoms with Gasteiger partial charge in [0.2, 0.25) is 11.8 Å². The SMILES string of the molecule is O=C(O)CCCc1nnc(-c2cc(Cl)sc2Cl)o1. The maximum atomic E-state index is 10.4. The third kappa shape index (κ3) is 3.22. The van der Waals surface area contributed by atoms with Crippen LogP contribution in [0, 0.1) is 0 Å². The maximum Gasteiger partial charge on any atom is 0.303 e. The topological polar surface area (TPSA) is 76.2 Å². The lowest BCUT2D eigenvalue weighted by atomic mass is 10.2. The molecule has 0 fully saturated rings. The molecule has 96 valence electrons. The fourth-order valence-corrected chi connectivity index (χ4v) is 2.79. The minimum atomic E-state index is -0.845. The van der Waals surface area contributed by atoms with Crippen molar-refractivity contribution in [2.45, 2.75) is 19.3 Å². The Balaban J connectivity index is 2.06. The highest BCUT2D eigenvalue weighted by atomic mass is 35.5. The molecule has 0 saturated carbocycles. The molecule has 0 amide bonds. The predicted octanol–water partition coefficient (Wildman–Crippen LogP) is 3.51. The van der Waals surface area contributed by atoms with E-state index >= 15 is 0 Å². The number of aryl methyl sites for hydroxylation is 1. The Morgan fingerprint density at radius 1 is 1.44 bits per heavy atom. The molecule has 2 aromatic rings. The normalized spacial score (nSPS) is 10.8. The maximum absolute atomic E-state index is 10.4. The molecule has 0 bridgehead atoms. The van der Waals surface area contributed by atoms with Gasteiger partial charge >= 0.3 is 5.97 Å². The van der Waals surface area contributed by atoms with Crippen LogP contribution in [0.25, 0.3) is 11.5 Å². The van der Waals surface area contributed by atoms with Gasteiger partial charge in [0.1, 0.15) is 4.34 Å². The summed E-state index contributed by atoms with van der Waals surface area (Å²) >= 11 is 13.0. The number of carbonyl (C=O) groups is 1. The first-order valence-corrected chi connectivity index (χ1v) is 6.63. The first-order chi connectivity index (χ1) is 8.56. The van der Waals surface area contributed by atoms with Crippen molar-refractivity contribution in [3.63, 3.8) is 0 Å². The average Bonchev–Trinajstić information content (AvgIpc) is 2.85. The number of aromatic nitrogens is 2. The molecule has 0 aliphatic heterocycles. The van der Waals surface area contributed by atoms with Crippen LogP contribution in [0.4, 0.5) is 0 Å². The van der Waals surface area contributed by atoms with Crippen LogP contribution in [0.2, 0.25) is 8.67 Å². The third-order valence-corrected chi connectivity index (χ3v) is 3.62. The minimum absolute atomic E-state index is 0.0722. The van der Waals surface area contributed by atoms with E-state index in [1.165, 1.54) is 11.3 Å². The zero-order valence-corrected chi connectivity index (χ0v) is 11.3. The largest absolute Gasteiger partial charge is 0.481 e. The summed E-state index contributed by atoms with van der Waals surface area (Å²) in [4.78, 5) is 10.4. The number of carboxylic acid groups (broad SMARTS) is 1. The molecule has 0 atom stereocenters. The zero-order valence-electron chi connectivity index (χ0n) is 9.02. The molecule has 2 aromatic heterocycles. The Bertz CT molecular complexity index is 567. The highest BCUT2D eigenvalue weighted by molar-refractivity contribution is 7.20. The average molecular weight is 307 g/mol. The van der Waals surface area contributed by atoms with Crippen molar-refractivity contribution in [1.82, 2.24) is 10.2 Å². The summed E-state index contributed by atoms with van der Waals surface area (Å²) in [5.41, 5.74) is 0.601. The number of aliphatic carboxylic acids is 1. The van der Waals surface area contributed by atoms with E-state index in [-0.39, 0.29) is 6.42 Å². The van der Waals surface area contributed by atoms with Gasteiger partial charge in [0.15, 0.2) is 0 Å². The van der Waals surface area contributed by atoms with E-state index in [1.54, 1.807) is 6.07 Å². The molecule has 0 aliphatic rings. The summed E-state index contributed by atoms with van der Waals surface area (Å²) in [5.74, 6) is -0.152. The van der Waals surface area contributed by atoms with Crippen LogP contribution in [0.5, 0.6) is 0 Å². The molecule has 2 heterocycles. The molecule has 0 aromatic carbocycles. The Morgan fingerprint density at radius 3 is 2.83 bits per heavy atom. The summed E-state index contributed by atoms with van der Waals surface area (Å²) in [6.45, 7) is 0. The van der Waals surface area contributed by atoms with Gasteiger partial charge in [0.25, 0.3) is 0 Å². The van der Waals surface area contributed by atoms with Gasteiger partial charge in [-0.15, -0.1) is 21.5 Å². The van der Waals surface area contributed by atoms with E-state index in [1.807, 2.05) is 0 Å². The molecule has 8 heteroatoms. The molecule has 1 N–H and O–H groups in total. The molecule has 0 radical (unpaired) electrons. The highest BCUT2D eigenvalue weighted by Gasteiger charge is 2.15. The van der Waals surface area contributed by atoms with Gasteiger partial charge in [-0.05, 0) is 12.5 Å². The van der Waals surface area contributed by atoms with Crippen LogP contribution in [0.15, 0.2) is 10.5 Å². The number of halogens is 2. The molecular formula is C10H8Cl2N2O3S. The Labute approximate surface area is 116 Å². The van der Waals surface area contributed by atoms with E-state index < -0.39 is 5.97 Å². The monoisotopic (exact) mass is 306 g/mol. The second kappa shape index (κ2) is 5.69. The van der Waals surface area contributed by atoms with Crippen molar-refractivity contribution in [1.29, 1.82) is 0 Å². The van der Waals surface area contributed by atoms with Gasteiger partial charge in [-0.3, -0.25) is 4.79 Å². The summed E-state index contributed by atoms with van der Waals surface area (Å²) in [5, 5.41) is 16.2. The van der Waals surface area contributed by atoms with Crippen molar-refractivity contribution in [2.75, 3.05) is 0 Å². The number of thiophene rings is 1. The van der Waals surface area contributed by atoms with Crippen molar-refractivity contribution in [2.24, 2.45) is 0 Å². The van der Waals surface area contributed by atoms with Crippen LogP contribution < -0.4 is 0 Å². The van der Waals surface area contributed by atoms with Crippen molar-refractivity contribution in [3.05, 3.63) is 20.6 Å². The number of nitrogens with zero attached hydrogens (tertiary/aromatic N) is 2. The van der Waals surface area contributed by atoms with Gasteiger partial charge < -0.3 is 9.52 Å². The summed E-state index contributed by atoms with van der Waals surface area (Å²) < 4.78 is 6.42. The Hall–Kier alpha value is -1.11. The highest BCUT2D eigenvalue weighted by Crippen LogP contribution is 2.37. The zero-order chi connectivity index (χ0) is 13.1. The second-order valence-corrected chi connectivity index (χ2v) is 5.77. The van der Waals surface area contributed by atoms with Gasteiger partial charge in [0.05, 0.1) is 9.90 Å². The number of hydrogen-bond donors (Lipinski definition) is 1. The molecule has 18 heavy (non-hydrogen) atoms. The van der Waals surface area contributed by atoms with Crippen LogP contribution in [-0.4, -0.2) is 21.3 Å². The number of carboxylic acids is 1. The molecule has 2 rings (SSSR count). The number of rotatable bonds is 5. The lowest BCUT2D eigenvalue weighted by molar-refractivity contribution is -0.137. The molecule has 0 spiro atoms. The fraction of sp³-hybridized carbons (Fsp3) is 0.300.